The Labute approximate surface area is 133 Å². The molecule has 0 aliphatic rings. The van der Waals surface area contributed by atoms with Crippen molar-refractivity contribution in [2.45, 2.75) is 6.18 Å². The zero-order chi connectivity index (χ0) is 17.9. The number of nitrogens with two attached hydrogens (primary N) is 2. The average Bonchev–Trinajstić information content (AvgIpc) is 2.52. The van der Waals surface area contributed by atoms with Gasteiger partial charge < -0.3 is 11.5 Å². The van der Waals surface area contributed by atoms with Gasteiger partial charge in [-0.2, -0.15) is 13.2 Å². The van der Waals surface area contributed by atoms with E-state index in [0.29, 0.717) is 12.3 Å². The molecule has 0 aliphatic carbocycles. The molecule has 0 amide bonds. The fourth-order valence-corrected chi connectivity index (χ4v) is 1.90. The molecule has 1 heterocycles. The standard InChI is InChI=1S/C15H11F5N4/c16-9-4-10(8-2-1-3-23-7-8)13(11(17)5-9)24-14(12(22)6-21)15(18,19)20/h1-7H,21-22H2. The highest BCUT2D eigenvalue weighted by Crippen LogP contribution is 2.35. The summed E-state index contributed by atoms with van der Waals surface area (Å²) >= 11 is 0. The van der Waals surface area contributed by atoms with Crippen molar-refractivity contribution in [3.8, 4) is 11.1 Å². The molecule has 0 atom stereocenters. The molecule has 1 aromatic carbocycles. The zero-order valence-electron chi connectivity index (χ0n) is 12.0. The summed E-state index contributed by atoms with van der Waals surface area (Å²) in [6, 6.07) is 4.17. The number of alkyl halides is 3. The predicted octanol–water partition coefficient (Wildman–Crippen LogP) is 3.42. The van der Waals surface area contributed by atoms with Crippen molar-refractivity contribution in [2.75, 3.05) is 0 Å². The maximum Gasteiger partial charge on any atom is 0.435 e. The van der Waals surface area contributed by atoms with E-state index in [0.717, 1.165) is 6.07 Å². The van der Waals surface area contributed by atoms with Crippen LogP contribution in [0.1, 0.15) is 0 Å². The van der Waals surface area contributed by atoms with Crippen LogP contribution in [0.25, 0.3) is 11.1 Å². The Morgan fingerprint density at radius 3 is 2.46 bits per heavy atom. The highest BCUT2D eigenvalue weighted by molar-refractivity contribution is 6.05. The lowest BCUT2D eigenvalue weighted by Crippen LogP contribution is -2.29. The van der Waals surface area contributed by atoms with Crippen LogP contribution in [0.2, 0.25) is 0 Å². The van der Waals surface area contributed by atoms with Crippen LogP contribution in [0.5, 0.6) is 0 Å². The molecule has 0 bridgehead atoms. The van der Waals surface area contributed by atoms with E-state index in [-0.39, 0.29) is 11.1 Å². The van der Waals surface area contributed by atoms with Crippen LogP contribution in [-0.4, -0.2) is 16.9 Å². The van der Waals surface area contributed by atoms with Gasteiger partial charge in [0, 0.05) is 35.8 Å². The summed E-state index contributed by atoms with van der Waals surface area (Å²) in [6.45, 7) is 0. The molecule has 4 nitrogen and oxygen atoms in total. The van der Waals surface area contributed by atoms with Crippen molar-refractivity contribution in [1.29, 1.82) is 0 Å². The first-order valence-electron chi connectivity index (χ1n) is 6.47. The highest BCUT2D eigenvalue weighted by atomic mass is 19.4. The van der Waals surface area contributed by atoms with Crippen LogP contribution in [0.4, 0.5) is 27.6 Å². The molecule has 0 fully saturated rings. The normalized spacial score (nSPS) is 13.2. The average molecular weight is 342 g/mol. The van der Waals surface area contributed by atoms with Gasteiger partial charge in [-0.05, 0) is 12.1 Å². The SMILES string of the molecule is NC=C(N)C(=Nc1c(F)cc(F)cc1-c1cccnc1)C(F)(F)F. The van der Waals surface area contributed by atoms with Gasteiger partial charge in [0.25, 0.3) is 0 Å². The molecule has 0 saturated heterocycles. The number of nitrogens with zero attached hydrogens (tertiary/aromatic N) is 2. The topological polar surface area (TPSA) is 77.3 Å². The van der Waals surface area contributed by atoms with Crippen molar-refractivity contribution >= 4 is 11.4 Å². The van der Waals surface area contributed by atoms with Gasteiger partial charge >= 0.3 is 6.18 Å². The van der Waals surface area contributed by atoms with E-state index < -0.39 is 34.9 Å². The second-order valence-corrected chi connectivity index (χ2v) is 4.61. The van der Waals surface area contributed by atoms with Crippen LogP contribution >= 0.6 is 0 Å². The Bertz CT molecular complexity index is 798. The van der Waals surface area contributed by atoms with Gasteiger partial charge in [0.15, 0.2) is 11.5 Å². The summed E-state index contributed by atoms with van der Waals surface area (Å²) in [4.78, 5) is 7.04. The van der Waals surface area contributed by atoms with Crippen LogP contribution < -0.4 is 11.5 Å². The minimum atomic E-state index is -4.98. The molecular weight excluding hydrogens is 331 g/mol. The first-order valence-corrected chi connectivity index (χ1v) is 6.47. The third kappa shape index (κ3) is 3.67. The molecule has 9 heteroatoms. The molecule has 0 aliphatic heterocycles. The van der Waals surface area contributed by atoms with Crippen LogP contribution in [0, 0.1) is 11.6 Å². The Morgan fingerprint density at radius 2 is 1.92 bits per heavy atom. The van der Waals surface area contributed by atoms with Crippen molar-refractivity contribution in [3.63, 3.8) is 0 Å². The molecule has 0 spiro atoms. The van der Waals surface area contributed by atoms with Crippen molar-refractivity contribution < 1.29 is 22.0 Å². The van der Waals surface area contributed by atoms with Crippen molar-refractivity contribution in [1.82, 2.24) is 4.98 Å². The van der Waals surface area contributed by atoms with E-state index in [2.05, 4.69) is 9.98 Å². The maximum absolute atomic E-state index is 14.1. The monoisotopic (exact) mass is 342 g/mol. The quantitative estimate of drug-likeness (QED) is 0.663. The Balaban J connectivity index is 2.76. The zero-order valence-corrected chi connectivity index (χ0v) is 12.0. The molecule has 0 radical (unpaired) electrons. The third-order valence-corrected chi connectivity index (χ3v) is 2.95. The van der Waals surface area contributed by atoms with Crippen LogP contribution in [0.3, 0.4) is 0 Å². The molecule has 126 valence electrons. The summed E-state index contributed by atoms with van der Waals surface area (Å²) in [6.07, 6.45) is -1.84. The van der Waals surface area contributed by atoms with Gasteiger partial charge in [0.2, 0.25) is 0 Å². The fourth-order valence-electron chi connectivity index (χ4n) is 1.90. The molecule has 1 aromatic heterocycles. The van der Waals surface area contributed by atoms with E-state index in [9.17, 15) is 22.0 Å². The number of hydrogen-bond acceptors (Lipinski definition) is 4. The van der Waals surface area contributed by atoms with Crippen molar-refractivity contribution in [3.05, 3.63) is 60.2 Å². The fraction of sp³-hybridized carbons (Fsp3) is 0.0667. The summed E-state index contributed by atoms with van der Waals surface area (Å²) in [5.41, 5.74) is 6.99. The molecule has 24 heavy (non-hydrogen) atoms. The Morgan fingerprint density at radius 1 is 1.21 bits per heavy atom. The molecule has 2 aromatic rings. The van der Waals surface area contributed by atoms with Gasteiger partial charge in [0.1, 0.15) is 11.5 Å². The maximum atomic E-state index is 14.1. The highest BCUT2D eigenvalue weighted by Gasteiger charge is 2.38. The number of benzene rings is 1. The van der Waals surface area contributed by atoms with E-state index in [1.165, 1.54) is 24.5 Å². The van der Waals surface area contributed by atoms with Gasteiger partial charge in [-0.3, -0.25) is 4.98 Å². The third-order valence-electron chi connectivity index (χ3n) is 2.95. The number of allylic oxidation sites excluding steroid dienone is 1. The van der Waals surface area contributed by atoms with Crippen LogP contribution in [0.15, 0.2) is 53.5 Å². The molecular formula is C15H11F5N4. The summed E-state index contributed by atoms with van der Waals surface area (Å²) in [5, 5.41) is 0. The molecule has 2 rings (SSSR count). The van der Waals surface area contributed by atoms with Crippen LogP contribution in [-0.2, 0) is 0 Å². The lowest BCUT2D eigenvalue weighted by atomic mass is 10.0. The summed E-state index contributed by atoms with van der Waals surface area (Å²) in [7, 11) is 0. The number of hydrogen-bond donors (Lipinski definition) is 2. The number of aromatic nitrogens is 1. The minimum absolute atomic E-state index is 0.187. The van der Waals surface area contributed by atoms with E-state index in [4.69, 9.17) is 11.5 Å². The molecule has 0 saturated carbocycles. The number of halogens is 5. The second kappa shape index (κ2) is 6.65. The van der Waals surface area contributed by atoms with E-state index in [1.54, 1.807) is 0 Å². The van der Waals surface area contributed by atoms with E-state index in [1.807, 2.05) is 0 Å². The number of pyridine rings is 1. The second-order valence-electron chi connectivity index (χ2n) is 4.61. The van der Waals surface area contributed by atoms with Gasteiger partial charge in [-0.25, -0.2) is 13.8 Å². The van der Waals surface area contributed by atoms with Gasteiger partial charge in [-0.1, -0.05) is 6.07 Å². The van der Waals surface area contributed by atoms with Gasteiger partial charge in [0.05, 0.1) is 5.70 Å². The number of rotatable bonds is 3. The molecule has 0 unspecified atom stereocenters. The Hall–Kier alpha value is -2.97. The summed E-state index contributed by atoms with van der Waals surface area (Å²) in [5.74, 6) is -2.25. The smallest absolute Gasteiger partial charge is 0.403 e. The largest absolute Gasteiger partial charge is 0.435 e. The number of aliphatic imine (C=N–C) groups is 1. The lowest BCUT2D eigenvalue weighted by molar-refractivity contribution is -0.0582. The van der Waals surface area contributed by atoms with Gasteiger partial charge in [-0.15, -0.1) is 0 Å². The minimum Gasteiger partial charge on any atom is -0.403 e. The van der Waals surface area contributed by atoms with Crippen molar-refractivity contribution in [2.24, 2.45) is 16.5 Å². The first kappa shape index (κ1) is 17.4. The lowest BCUT2D eigenvalue weighted by Gasteiger charge is -2.13. The Kier molecular flexibility index (Phi) is 4.82. The summed E-state index contributed by atoms with van der Waals surface area (Å²) < 4.78 is 66.8. The first-order chi connectivity index (χ1) is 11.2. The van der Waals surface area contributed by atoms with E-state index >= 15 is 0 Å². The molecule has 4 N–H and O–H groups in total. The predicted molar refractivity (Wildman–Crippen MR) is 79.2 cm³/mol.